The van der Waals surface area contributed by atoms with Crippen LogP contribution >= 0.6 is 0 Å². The van der Waals surface area contributed by atoms with Crippen LogP contribution in [-0.2, 0) is 4.79 Å². The molecule has 0 fully saturated rings. The van der Waals surface area contributed by atoms with E-state index in [1.807, 2.05) is 0 Å². The summed E-state index contributed by atoms with van der Waals surface area (Å²) in [5.41, 5.74) is 5.72. The summed E-state index contributed by atoms with van der Waals surface area (Å²) in [7, 11) is 0. The second-order valence-corrected chi connectivity index (χ2v) is 5.67. The average Bonchev–Trinajstić information content (AvgIpc) is 2.38. The molecular formula is C15H32N2O2. The number of amides is 1. The first kappa shape index (κ1) is 18.4. The van der Waals surface area contributed by atoms with Crippen LogP contribution in [0.5, 0.6) is 0 Å². The van der Waals surface area contributed by atoms with Gasteiger partial charge in [0.1, 0.15) is 0 Å². The Labute approximate surface area is 118 Å². The van der Waals surface area contributed by atoms with Crippen molar-refractivity contribution < 1.29 is 9.90 Å². The van der Waals surface area contributed by atoms with E-state index in [4.69, 9.17) is 10.8 Å². The second kappa shape index (κ2) is 11.2. The Morgan fingerprint density at radius 1 is 1.21 bits per heavy atom. The predicted octanol–water partition coefficient (Wildman–Crippen LogP) is 2.01. The summed E-state index contributed by atoms with van der Waals surface area (Å²) < 4.78 is 0. The van der Waals surface area contributed by atoms with Crippen LogP contribution < -0.4 is 5.73 Å². The summed E-state index contributed by atoms with van der Waals surface area (Å²) in [6, 6.07) is 0. The lowest BCUT2D eigenvalue weighted by molar-refractivity contribution is -0.136. The molecule has 0 aromatic carbocycles. The van der Waals surface area contributed by atoms with E-state index in [1.54, 1.807) is 4.90 Å². The molecular weight excluding hydrogens is 240 g/mol. The van der Waals surface area contributed by atoms with Crippen molar-refractivity contribution in [2.24, 2.45) is 17.6 Å². The zero-order valence-corrected chi connectivity index (χ0v) is 12.9. The second-order valence-electron chi connectivity index (χ2n) is 5.67. The third kappa shape index (κ3) is 8.22. The first-order valence-electron chi connectivity index (χ1n) is 7.66. The Kier molecular flexibility index (Phi) is 10.9. The van der Waals surface area contributed by atoms with Crippen molar-refractivity contribution in [3.8, 4) is 0 Å². The Morgan fingerprint density at radius 2 is 1.89 bits per heavy atom. The molecule has 19 heavy (non-hydrogen) atoms. The molecule has 0 spiro atoms. The fourth-order valence-electron chi connectivity index (χ4n) is 2.31. The van der Waals surface area contributed by atoms with Gasteiger partial charge < -0.3 is 15.7 Å². The molecule has 0 aliphatic rings. The standard InChI is InChI=1S/C15H32N2O2/c1-4-5-6-7-8-17(9-10-18)15(19)14(12-16)11-13(2)3/h13-14,18H,4-12,16H2,1-3H3. The molecule has 0 saturated heterocycles. The Balaban J connectivity index is 4.35. The highest BCUT2D eigenvalue weighted by Crippen LogP contribution is 2.14. The molecule has 0 aromatic rings. The van der Waals surface area contributed by atoms with Crippen molar-refractivity contribution in [1.29, 1.82) is 0 Å². The van der Waals surface area contributed by atoms with Crippen LogP contribution in [0.3, 0.4) is 0 Å². The minimum absolute atomic E-state index is 0.0263. The van der Waals surface area contributed by atoms with Crippen molar-refractivity contribution in [2.45, 2.75) is 52.9 Å². The molecule has 1 atom stereocenters. The predicted molar refractivity (Wildman–Crippen MR) is 79.8 cm³/mol. The SMILES string of the molecule is CCCCCCN(CCO)C(=O)C(CN)CC(C)C. The highest BCUT2D eigenvalue weighted by molar-refractivity contribution is 5.79. The Morgan fingerprint density at radius 3 is 2.37 bits per heavy atom. The number of unbranched alkanes of at least 4 members (excludes halogenated alkanes) is 3. The van der Waals surface area contributed by atoms with Crippen molar-refractivity contribution >= 4 is 5.91 Å². The molecule has 3 N–H and O–H groups in total. The molecule has 1 unspecified atom stereocenters. The topological polar surface area (TPSA) is 66.6 Å². The molecule has 0 heterocycles. The van der Waals surface area contributed by atoms with Gasteiger partial charge in [0.25, 0.3) is 0 Å². The van der Waals surface area contributed by atoms with Gasteiger partial charge in [0, 0.05) is 19.6 Å². The van der Waals surface area contributed by atoms with Gasteiger partial charge in [-0.05, 0) is 18.8 Å². The summed E-state index contributed by atoms with van der Waals surface area (Å²) in [5, 5.41) is 9.10. The van der Waals surface area contributed by atoms with Crippen molar-refractivity contribution in [3.63, 3.8) is 0 Å². The van der Waals surface area contributed by atoms with Gasteiger partial charge in [0.15, 0.2) is 0 Å². The molecule has 0 aliphatic carbocycles. The van der Waals surface area contributed by atoms with Crippen LogP contribution in [0.15, 0.2) is 0 Å². The summed E-state index contributed by atoms with van der Waals surface area (Å²) >= 11 is 0. The molecule has 4 nitrogen and oxygen atoms in total. The molecule has 0 aromatic heterocycles. The lowest BCUT2D eigenvalue weighted by atomic mass is 9.95. The zero-order chi connectivity index (χ0) is 14.7. The quantitative estimate of drug-likeness (QED) is 0.565. The van der Waals surface area contributed by atoms with E-state index in [2.05, 4.69) is 20.8 Å². The molecule has 114 valence electrons. The normalized spacial score (nSPS) is 12.7. The monoisotopic (exact) mass is 272 g/mol. The minimum Gasteiger partial charge on any atom is -0.395 e. The van der Waals surface area contributed by atoms with Gasteiger partial charge >= 0.3 is 0 Å². The van der Waals surface area contributed by atoms with Crippen LogP contribution in [0.1, 0.15) is 52.9 Å². The molecule has 0 saturated carbocycles. The van der Waals surface area contributed by atoms with Gasteiger partial charge in [-0.25, -0.2) is 0 Å². The van der Waals surface area contributed by atoms with E-state index in [1.165, 1.54) is 12.8 Å². The van der Waals surface area contributed by atoms with E-state index in [9.17, 15) is 4.79 Å². The Bertz CT molecular complexity index is 232. The highest BCUT2D eigenvalue weighted by Gasteiger charge is 2.23. The van der Waals surface area contributed by atoms with Crippen LogP contribution in [0.2, 0.25) is 0 Å². The summed E-state index contributed by atoms with van der Waals surface area (Å²) in [6.45, 7) is 7.98. The van der Waals surface area contributed by atoms with E-state index in [0.717, 1.165) is 25.8 Å². The maximum atomic E-state index is 12.4. The number of aliphatic hydroxyl groups is 1. The van der Waals surface area contributed by atoms with Gasteiger partial charge in [-0.15, -0.1) is 0 Å². The molecule has 0 rings (SSSR count). The van der Waals surface area contributed by atoms with Gasteiger partial charge in [-0.1, -0.05) is 40.0 Å². The van der Waals surface area contributed by atoms with Crippen LogP contribution in [0.25, 0.3) is 0 Å². The number of hydrogen-bond donors (Lipinski definition) is 2. The zero-order valence-electron chi connectivity index (χ0n) is 12.9. The summed E-state index contributed by atoms with van der Waals surface area (Å²) in [5.74, 6) is 0.480. The van der Waals surface area contributed by atoms with Crippen molar-refractivity contribution in [1.82, 2.24) is 4.90 Å². The van der Waals surface area contributed by atoms with Crippen LogP contribution in [-0.4, -0.2) is 42.2 Å². The fourth-order valence-corrected chi connectivity index (χ4v) is 2.31. The third-order valence-corrected chi connectivity index (χ3v) is 3.35. The number of nitrogens with two attached hydrogens (primary N) is 1. The largest absolute Gasteiger partial charge is 0.395 e. The maximum Gasteiger partial charge on any atom is 0.227 e. The molecule has 1 amide bonds. The number of nitrogens with zero attached hydrogens (tertiary/aromatic N) is 1. The van der Waals surface area contributed by atoms with Gasteiger partial charge in [-0.3, -0.25) is 4.79 Å². The molecule has 0 radical (unpaired) electrons. The van der Waals surface area contributed by atoms with E-state index < -0.39 is 0 Å². The maximum absolute atomic E-state index is 12.4. The smallest absolute Gasteiger partial charge is 0.227 e. The van der Waals surface area contributed by atoms with E-state index in [0.29, 0.717) is 19.0 Å². The van der Waals surface area contributed by atoms with Crippen LogP contribution in [0.4, 0.5) is 0 Å². The van der Waals surface area contributed by atoms with Gasteiger partial charge in [0.2, 0.25) is 5.91 Å². The third-order valence-electron chi connectivity index (χ3n) is 3.35. The molecule has 4 heteroatoms. The minimum atomic E-state index is -0.0993. The highest BCUT2D eigenvalue weighted by atomic mass is 16.3. The van der Waals surface area contributed by atoms with Crippen molar-refractivity contribution in [2.75, 3.05) is 26.2 Å². The molecule has 0 bridgehead atoms. The Hall–Kier alpha value is -0.610. The van der Waals surface area contributed by atoms with Gasteiger partial charge in [-0.2, -0.15) is 0 Å². The fraction of sp³-hybridized carbons (Fsp3) is 0.933. The molecule has 0 aliphatic heterocycles. The number of carbonyl (C=O) groups excluding carboxylic acids is 1. The lowest BCUT2D eigenvalue weighted by Crippen LogP contribution is -2.41. The summed E-state index contributed by atoms with van der Waals surface area (Å²) in [6.07, 6.45) is 5.37. The van der Waals surface area contributed by atoms with Crippen LogP contribution in [0, 0.1) is 11.8 Å². The number of aliphatic hydroxyl groups excluding tert-OH is 1. The average molecular weight is 272 g/mol. The first-order chi connectivity index (χ1) is 9.06. The number of hydrogen-bond acceptors (Lipinski definition) is 3. The first-order valence-corrected chi connectivity index (χ1v) is 7.66. The van der Waals surface area contributed by atoms with Gasteiger partial charge in [0.05, 0.1) is 12.5 Å². The van der Waals surface area contributed by atoms with Crippen molar-refractivity contribution in [3.05, 3.63) is 0 Å². The number of carbonyl (C=O) groups is 1. The van der Waals surface area contributed by atoms with E-state index in [-0.39, 0.29) is 18.4 Å². The van der Waals surface area contributed by atoms with E-state index >= 15 is 0 Å². The lowest BCUT2D eigenvalue weighted by Gasteiger charge is -2.27. The number of rotatable bonds is 11. The summed E-state index contributed by atoms with van der Waals surface area (Å²) in [4.78, 5) is 14.2.